The molecule has 0 saturated carbocycles. The van der Waals surface area contributed by atoms with Crippen molar-refractivity contribution >= 4 is 19.9 Å². The summed E-state index contributed by atoms with van der Waals surface area (Å²) in [5.74, 6) is -0.920. The first kappa shape index (κ1) is 20.3. The van der Waals surface area contributed by atoms with Crippen LogP contribution in [0.1, 0.15) is 22.3 Å². The molecular weight excluding hydrogens is 366 g/mol. The molecule has 25 heavy (non-hydrogen) atoms. The first-order valence-corrected chi connectivity index (χ1v) is 11.3. The fourth-order valence-electron chi connectivity index (χ4n) is 3.33. The fourth-order valence-corrected chi connectivity index (χ4v) is 7.45. The van der Waals surface area contributed by atoms with Crippen LogP contribution in [0.25, 0.3) is 0 Å². The molecule has 9 heteroatoms. The van der Waals surface area contributed by atoms with Crippen LogP contribution < -0.4 is 0 Å². The first-order valence-electron chi connectivity index (χ1n) is 8.01. The summed E-state index contributed by atoms with van der Waals surface area (Å²) in [6.07, 6.45) is -1.31. The van der Waals surface area contributed by atoms with E-state index in [1.807, 2.05) is 19.9 Å². The Labute approximate surface area is 149 Å². The third-order valence-electron chi connectivity index (χ3n) is 4.85. The Bertz CT molecular complexity index is 850. The van der Waals surface area contributed by atoms with E-state index in [4.69, 9.17) is 0 Å². The molecule has 2 N–H and O–H groups in total. The normalized spacial score (nSPS) is 23.3. The minimum atomic E-state index is -4.09. The lowest BCUT2D eigenvalue weighted by Crippen LogP contribution is -2.48. The summed E-state index contributed by atoms with van der Waals surface area (Å²) in [4.78, 5) is 0.120. The molecule has 1 fully saturated rings. The molecule has 0 amide bonds. The lowest BCUT2D eigenvalue weighted by Gasteiger charge is -2.30. The van der Waals surface area contributed by atoms with Crippen molar-refractivity contribution in [2.45, 2.75) is 44.7 Å². The molecule has 1 heterocycles. The molecule has 0 radical (unpaired) electrons. The van der Waals surface area contributed by atoms with Gasteiger partial charge >= 0.3 is 0 Å². The van der Waals surface area contributed by atoms with Crippen molar-refractivity contribution in [1.29, 1.82) is 0 Å². The van der Waals surface area contributed by atoms with Gasteiger partial charge in [0.15, 0.2) is 9.84 Å². The second kappa shape index (κ2) is 6.96. The van der Waals surface area contributed by atoms with Crippen LogP contribution in [-0.4, -0.2) is 68.2 Å². The summed E-state index contributed by atoms with van der Waals surface area (Å²) in [5, 5.41) is 19.4. The minimum absolute atomic E-state index is 0.120. The van der Waals surface area contributed by atoms with Crippen molar-refractivity contribution in [3.63, 3.8) is 0 Å². The first-order chi connectivity index (χ1) is 11.4. The number of hydrogen-bond donors (Lipinski definition) is 2. The number of aliphatic hydroxyl groups is 2. The van der Waals surface area contributed by atoms with Gasteiger partial charge in [-0.3, -0.25) is 0 Å². The molecule has 0 bridgehead atoms. The Balaban J connectivity index is 2.63. The summed E-state index contributed by atoms with van der Waals surface area (Å²) >= 11 is 0. The van der Waals surface area contributed by atoms with E-state index in [1.54, 1.807) is 13.8 Å². The van der Waals surface area contributed by atoms with Crippen LogP contribution in [0.2, 0.25) is 0 Å². The highest BCUT2D eigenvalue weighted by Gasteiger charge is 2.45. The maximum atomic E-state index is 13.3. The standard InChI is InChI=1S/C16H25NO6S2/c1-10-7-11(2)13(4)16(12(10)3)25(22,23)17(5-6-18)14-8-24(20,21)9-15(14)19/h7,14-15,18-19H,5-6,8-9H2,1-4H3. The molecule has 1 aromatic carbocycles. The molecule has 1 saturated heterocycles. The van der Waals surface area contributed by atoms with Crippen molar-refractivity contribution in [2.24, 2.45) is 0 Å². The highest BCUT2D eigenvalue weighted by Crippen LogP contribution is 2.31. The van der Waals surface area contributed by atoms with Gasteiger partial charge < -0.3 is 10.2 Å². The van der Waals surface area contributed by atoms with Gasteiger partial charge in [-0.1, -0.05) is 6.07 Å². The number of hydrogen-bond acceptors (Lipinski definition) is 6. The van der Waals surface area contributed by atoms with Gasteiger partial charge in [0.2, 0.25) is 10.0 Å². The number of rotatable bonds is 5. The smallest absolute Gasteiger partial charge is 0.244 e. The van der Waals surface area contributed by atoms with E-state index >= 15 is 0 Å². The second-order valence-electron chi connectivity index (χ2n) is 6.64. The molecule has 2 unspecified atom stereocenters. The lowest BCUT2D eigenvalue weighted by molar-refractivity contribution is 0.117. The summed E-state index contributed by atoms with van der Waals surface area (Å²) in [7, 11) is -7.61. The molecule has 1 aliphatic heterocycles. The van der Waals surface area contributed by atoms with Crippen molar-refractivity contribution < 1.29 is 27.0 Å². The summed E-state index contributed by atoms with van der Waals surface area (Å²) < 4.78 is 51.2. The van der Waals surface area contributed by atoms with Crippen LogP contribution in [0.3, 0.4) is 0 Å². The second-order valence-corrected chi connectivity index (χ2v) is 10.6. The van der Waals surface area contributed by atoms with Crippen LogP contribution in [0.5, 0.6) is 0 Å². The van der Waals surface area contributed by atoms with E-state index in [0.717, 1.165) is 15.4 Å². The number of aliphatic hydroxyl groups excluding tert-OH is 2. The zero-order chi connectivity index (χ0) is 19.2. The van der Waals surface area contributed by atoms with Crippen molar-refractivity contribution in [1.82, 2.24) is 4.31 Å². The van der Waals surface area contributed by atoms with Gasteiger partial charge in [0, 0.05) is 6.54 Å². The number of sulfone groups is 1. The predicted octanol–water partition coefficient (Wildman–Crippen LogP) is 0.0612. The average Bonchev–Trinajstić information content (AvgIpc) is 2.75. The SMILES string of the molecule is Cc1cc(C)c(C)c(S(=O)(=O)N(CCO)C2CS(=O)(=O)CC2O)c1C. The summed E-state index contributed by atoms with van der Waals surface area (Å²) in [6, 6.07) is 0.802. The quantitative estimate of drug-likeness (QED) is 0.734. The minimum Gasteiger partial charge on any atom is -0.395 e. The molecular formula is C16H25NO6S2. The van der Waals surface area contributed by atoms with Crippen molar-refractivity contribution in [2.75, 3.05) is 24.7 Å². The molecule has 0 aromatic heterocycles. The highest BCUT2D eigenvalue weighted by molar-refractivity contribution is 7.92. The Morgan fingerprint density at radius 3 is 2.04 bits per heavy atom. The predicted molar refractivity (Wildman–Crippen MR) is 94.8 cm³/mol. The van der Waals surface area contributed by atoms with E-state index in [9.17, 15) is 27.0 Å². The van der Waals surface area contributed by atoms with Crippen molar-refractivity contribution in [3.05, 3.63) is 28.3 Å². The molecule has 142 valence electrons. The Kier molecular flexibility index (Phi) is 5.65. The van der Waals surface area contributed by atoms with Crippen LogP contribution in [-0.2, 0) is 19.9 Å². The maximum Gasteiger partial charge on any atom is 0.244 e. The van der Waals surface area contributed by atoms with Crippen LogP contribution in [0.4, 0.5) is 0 Å². The highest BCUT2D eigenvalue weighted by atomic mass is 32.2. The molecule has 2 rings (SSSR count). The molecule has 1 aromatic rings. The van der Waals surface area contributed by atoms with E-state index < -0.39 is 50.1 Å². The number of benzene rings is 1. The molecule has 0 spiro atoms. The molecule has 7 nitrogen and oxygen atoms in total. The molecule has 2 atom stereocenters. The van der Waals surface area contributed by atoms with Gasteiger partial charge in [0.05, 0.1) is 35.2 Å². The largest absolute Gasteiger partial charge is 0.395 e. The maximum absolute atomic E-state index is 13.3. The third kappa shape index (κ3) is 3.75. The Morgan fingerprint density at radius 2 is 1.64 bits per heavy atom. The summed E-state index contributed by atoms with van der Waals surface area (Å²) in [5.41, 5.74) is 2.79. The van der Waals surface area contributed by atoms with Gasteiger partial charge in [-0.2, -0.15) is 4.31 Å². The van der Waals surface area contributed by atoms with Crippen molar-refractivity contribution in [3.8, 4) is 0 Å². The van der Waals surface area contributed by atoms with Gasteiger partial charge in [-0.15, -0.1) is 0 Å². The topological polar surface area (TPSA) is 112 Å². The van der Waals surface area contributed by atoms with E-state index in [-0.39, 0.29) is 11.4 Å². The van der Waals surface area contributed by atoms with Gasteiger partial charge in [-0.25, -0.2) is 16.8 Å². The van der Waals surface area contributed by atoms with Crippen LogP contribution >= 0.6 is 0 Å². The number of nitrogens with zero attached hydrogens (tertiary/aromatic N) is 1. The fraction of sp³-hybridized carbons (Fsp3) is 0.625. The summed E-state index contributed by atoms with van der Waals surface area (Å²) in [6.45, 7) is 6.29. The zero-order valence-electron chi connectivity index (χ0n) is 14.9. The van der Waals surface area contributed by atoms with Gasteiger partial charge in [-0.05, 0) is 49.9 Å². The van der Waals surface area contributed by atoms with E-state index in [1.165, 1.54) is 0 Å². The lowest BCUT2D eigenvalue weighted by atomic mass is 10.0. The zero-order valence-corrected chi connectivity index (χ0v) is 16.5. The Morgan fingerprint density at radius 1 is 1.12 bits per heavy atom. The third-order valence-corrected chi connectivity index (χ3v) is 8.75. The number of aryl methyl sites for hydroxylation is 2. The Hall–Kier alpha value is -1.00. The monoisotopic (exact) mass is 391 g/mol. The molecule has 0 aliphatic carbocycles. The van der Waals surface area contributed by atoms with Crippen LogP contribution in [0, 0.1) is 27.7 Å². The number of sulfonamides is 1. The van der Waals surface area contributed by atoms with Gasteiger partial charge in [0.25, 0.3) is 0 Å². The molecule has 1 aliphatic rings. The van der Waals surface area contributed by atoms with E-state index in [2.05, 4.69) is 0 Å². The van der Waals surface area contributed by atoms with Gasteiger partial charge in [0.1, 0.15) is 0 Å². The van der Waals surface area contributed by atoms with Crippen LogP contribution in [0.15, 0.2) is 11.0 Å². The van der Waals surface area contributed by atoms with E-state index in [0.29, 0.717) is 11.1 Å². The average molecular weight is 392 g/mol.